The Hall–Kier alpha value is -7.36. The van der Waals surface area contributed by atoms with Crippen LogP contribution in [0.1, 0.15) is 225 Å². The molecule has 0 aliphatic carbocycles. The van der Waals surface area contributed by atoms with Crippen LogP contribution in [0.2, 0.25) is 0 Å². The molecule has 1 aromatic heterocycles. The first-order chi connectivity index (χ1) is 40.2. The molecule has 0 radical (unpaired) electrons. The summed E-state index contributed by atoms with van der Waals surface area (Å²) in [6.45, 7) is 54.0. The highest BCUT2D eigenvalue weighted by atomic mass is 16.3. The third-order valence-corrected chi connectivity index (χ3v) is 15.3. The average Bonchev–Trinajstić information content (AvgIpc) is 1.88. The van der Waals surface area contributed by atoms with Crippen molar-refractivity contribution in [1.82, 2.24) is 9.97 Å². The van der Waals surface area contributed by atoms with Crippen molar-refractivity contribution in [2.45, 2.75) is 231 Å². The number of nitrogens with one attached hydrogen (secondary N) is 4. The van der Waals surface area contributed by atoms with E-state index in [9.17, 15) is 19.8 Å². The lowest BCUT2D eigenvalue weighted by Gasteiger charge is -2.20. The summed E-state index contributed by atoms with van der Waals surface area (Å²) in [5, 5.41) is 33.7. The van der Waals surface area contributed by atoms with Crippen molar-refractivity contribution in [2.75, 3.05) is 17.7 Å². The fourth-order valence-corrected chi connectivity index (χ4v) is 9.06. The molecule has 8 aromatic rings. The van der Waals surface area contributed by atoms with Crippen molar-refractivity contribution >= 4 is 28.3 Å². The van der Waals surface area contributed by atoms with Crippen molar-refractivity contribution in [3.63, 3.8) is 0 Å². The highest BCUT2D eigenvalue weighted by Crippen LogP contribution is 2.33. The predicted molar refractivity (Wildman–Crippen MR) is 385 cm³/mol. The lowest BCUT2D eigenvalue weighted by atomic mass is 9.85. The first kappa shape index (κ1) is 77.7. The predicted octanol–water partition coefficient (Wildman–Crippen LogP) is 20.4. The molecule has 486 valence electrons. The number of phenols is 2. The number of hydrogen-bond acceptors (Lipinski definition) is 6. The van der Waals surface area contributed by atoms with E-state index in [0.29, 0.717) is 17.9 Å². The molecule has 9 nitrogen and oxygen atoms in total. The van der Waals surface area contributed by atoms with Crippen LogP contribution in [-0.2, 0) is 55.7 Å². The minimum absolute atomic E-state index is 0. The molecule has 1 amide bonds. The van der Waals surface area contributed by atoms with Crippen molar-refractivity contribution in [3.05, 3.63) is 222 Å². The third-order valence-electron chi connectivity index (χ3n) is 15.3. The smallest absolute Gasteiger partial charge is 0.323 e. The minimum Gasteiger partial charge on any atom is -0.508 e. The largest absolute Gasteiger partial charge is 0.508 e. The molecule has 0 fully saturated rings. The minimum atomic E-state index is -0.147. The molecule has 2 heterocycles. The number of fused-ring (bicyclic) bond motifs is 2. The van der Waals surface area contributed by atoms with Crippen LogP contribution >= 0.6 is 0 Å². The molecule has 0 unspecified atom stereocenters. The maximum Gasteiger partial charge on any atom is 0.323 e. The van der Waals surface area contributed by atoms with Crippen LogP contribution in [-0.4, -0.2) is 38.2 Å². The van der Waals surface area contributed by atoms with E-state index in [2.05, 4.69) is 258 Å². The number of amides is 1. The Balaban J connectivity index is 0.000000354. The number of aromatic nitrogens is 2. The lowest BCUT2D eigenvalue weighted by Crippen LogP contribution is -2.11. The number of aryl methyl sites for hydroxylation is 4. The van der Waals surface area contributed by atoms with E-state index in [1.807, 2.05) is 76.3 Å². The van der Waals surface area contributed by atoms with Crippen LogP contribution in [0, 0.1) is 27.7 Å². The number of rotatable bonds is 2. The molecule has 7 aromatic carbocycles. The number of aliphatic hydroxyl groups is 1. The van der Waals surface area contributed by atoms with E-state index in [4.69, 9.17) is 5.11 Å². The van der Waals surface area contributed by atoms with Gasteiger partial charge in [-0.2, -0.15) is 0 Å². The molecule has 1 aliphatic heterocycles. The lowest BCUT2D eigenvalue weighted by molar-refractivity contribution is -0.115. The number of carbonyl (C=O) groups is 1. The number of imidazole rings is 1. The topological polar surface area (TPSA) is 150 Å². The van der Waals surface area contributed by atoms with E-state index < -0.39 is 0 Å². The van der Waals surface area contributed by atoms with Gasteiger partial charge in [0.15, 0.2) is 0 Å². The van der Waals surface area contributed by atoms with E-state index in [-0.39, 0.29) is 63.5 Å². The number of H-pyrrole nitrogens is 2. The Morgan fingerprint density at radius 2 is 0.820 bits per heavy atom. The number of hydrogen-bond donors (Lipinski definition) is 7. The first-order valence-electron chi connectivity index (χ1n) is 31.1. The fourth-order valence-electron chi connectivity index (χ4n) is 9.06. The Morgan fingerprint density at radius 1 is 0.427 bits per heavy atom. The molecule has 0 bridgehead atoms. The van der Waals surface area contributed by atoms with Gasteiger partial charge in [0.1, 0.15) is 11.5 Å². The number of aromatic hydroxyl groups is 2. The van der Waals surface area contributed by atoms with Crippen LogP contribution < -0.4 is 16.3 Å². The zero-order valence-corrected chi connectivity index (χ0v) is 58.9. The highest BCUT2D eigenvalue weighted by Gasteiger charge is 2.22. The third kappa shape index (κ3) is 25.6. The molecule has 7 N–H and O–H groups in total. The molecule has 9 heteroatoms. The fraction of sp³-hybridized carbons (Fsp3) is 0.450. The van der Waals surface area contributed by atoms with Gasteiger partial charge >= 0.3 is 5.69 Å². The van der Waals surface area contributed by atoms with E-state index in [1.165, 1.54) is 50.2 Å². The normalized spacial score (nSPS) is 12.1. The van der Waals surface area contributed by atoms with Gasteiger partial charge in [-0.3, -0.25) is 4.79 Å². The summed E-state index contributed by atoms with van der Waals surface area (Å²) < 4.78 is 0. The zero-order chi connectivity index (χ0) is 67.1. The first-order valence-corrected chi connectivity index (χ1v) is 31.1. The van der Waals surface area contributed by atoms with Crippen LogP contribution in [0.3, 0.4) is 0 Å². The number of anilines is 2. The second kappa shape index (κ2) is 31.9. The number of aromatic amines is 2. The van der Waals surface area contributed by atoms with Crippen molar-refractivity contribution in [2.24, 2.45) is 0 Å². The standard InChI is InChI=1S/C12H15NO.C12H18O.C11H14N2O.C11H17N.2C11H16O.C11H16.CH4/c1-12(2,3)9-4-5-10-8(6-9)7-11(14)13-10;1-8-6-10(12(3,4)5)7-9(2)11(8)13;1-11(2,3)7-4-5-8-9(6-7)13-10(14)12-8;1-11(2,3)9-5-7-10(12-4)8-6-9;1-8-7-9(11(2,3)4)5-6-10(8)12;1-11(2,3)10-6-4-9(8-12)5-7-10;1-9-6-5-7-10(8-9)11(2,3)4;/h4-6H,7H2,1-3H3,(H,13,14);6-7,13H,1-5H3;4-6H,1-3H3,(H2,12,13,14);5-8,12H,1-4H3;5-7,12H,1-4H3;4-7,12H,8H2,1-3H3;5-8H,1-4H3;1H4. The Bertz CT molecular complexity index is 3470. The molecular formula is C80H116N4O5. The van der Waals surface area contributed by atoms with Crippen LogP contribution in [0.5, 0.6) is 11.5 Å². The molecule has 1 aliphatic rings. The summed E-state index contributed by atoms with van der Waals surface area (Å²) in [5.74, 6) is 0.905. The van der Waals surface area contributed by atoms with Crippen molar-refractivity contribution < 1.29 is 20.1 Å². The Kier molecular flexibility index (Phi) is 27.9. The van der Waals surface area contributed by atoms with E-state index in [0.717, 1.165) is 44.5 Å². The number of carbonyl (C=O) groups excluding carboxylic acids is 1. The summed E-state index contributed by atoms with van der Waals surface area (Å²) in [6, 6.07) is 47.5. The highest BCUT2D eigenvalue weighted by molar-refractivity contribution is 5.99. The van der Waals surface area contributed by atoms with Gasteiger partial charge in [0, 0.05) is 18.4 Å². The summed E-state index contributed by atoms with van der Waals surface area (Å²) in [7, 11) is 1.94. The summed E-state index contributed by atoms with van der Waals surface area (Å²) in [4.78, 5) is 27.7. The molecule has 0 spiro atoms. The van der Waals surface area contributed by atoms with Gasteiger partial charge in [-0.1, -0.05) is 262 Å². The Morgan fingerprint density at radius 3 is 1.25 bits per heavy atom. The maximum absolute atomic E-state index is 11.1. The molecule has 0 saturated heterocycles. The quantitative estimate of drug-likeness (QED) is 0.0916. The van der Waals surface area contributed by atoms with Crippen LogP contribution in [0.15, 0.2) is 144 Å². The monoisotopic (exact) mass is 1210 g/mol. The number of phenolic OH excluding ortho intramolecular Hbond substituents is 2. The van der Waals surface area contributed by atoms with Crippen LogP contribution in [0.25, 0.3) is 11.0 Å². The van der Waals surface area contributed by atoms with Gasteiger partial charge in [0.25, 0.3) is 0 Å². The number of benzene rings is 7. The van der Waals surface area contributed by atoms with Crippen molar-refractivity contribution in [1.29, 1.82) is 0 Å². The molecule has 9 rings (SSSR count). The van der Waals surface area contributed by atoms with Gasteiger partial charge in [-0.15, -0.1) is 0 Å². The van der Waals surface area contributed by atoms with Gasteiger partial charge < -0.3 is 35.9 Å². The van der Waals surface area contributed by atoms with E-state index >= 15 is 0 Å². The Labute approximate surface area is 538 Å². The SMILES string of the molecule is C.CC(C)(C)c1ccc(CO)cc1.CC(C)(C)c1ccc2[nH]c(=O)[nH]c2c1.CC(C)(C)c1ccc2c(c1)CC(=O)N2.CNc1ccc(C(C)(C)C)cc1.Cc1cc(C(C)(C)C)cc(C)c1O.Cc1cc(C(C)(C)C)ccc1O.Cc1cccc(C(C)(C)C)c1. The van der Waals surface area contributed by atoms with E-state index in [1.54, 1.807) is 6.07 Å². The molecule has 0 saturated carbocycles. The summed E-state index contributed by atoms with van der Waals surface area (Å²) in [5.41, 5.74) is 20.5. The number of aliphatic hydroxyl groups excluding tert-OH is 1. The molecule has 89 heavy (non-hydrogen) atoms. The van der Waals surface area contributed by atoms with Gasteiger partial charge in [0.05, 0.1) is 24.1 Å². The van der Waals surface area contributed by atoms with Gasteiger partial charge in [-0.25, -0.2) is 4.79 Å². The van der Waals surface area contributed by atoms with Crippen LogP contribution in [0.4, 0.5) is 11.4 Å². The zero-order valence-electron chi connectivity index (χ0n) is 58.9. The molecular weight excluding hydrogens is 1100 g/mol. The second-order valence-electron chi connectivity index (χ2n) is 30.7. The summed E-state index contributed by atoms with van der Waals surface area (Å²) in [6.07, 6.45) is 0.527. The van der Waals surface area contributed by atoms with Gasteiger partial charge in [-0.05, 0) is 169 Å². The maximum atomic E-state index is 11.1. The van der Waals surface area contributed by atoms with Crippen molar-refractivity contribution in [3.8, 4) is 11.5 Å². The second-order valence-corrected chi connectivity index (χ2v) is 30.7. The average molecular weight is 1210 g/mol. The molecule has 0 atom stereocenters. The van der Waals surface area contributed by atoms with Gasteiger partial charge in [0.2, 0.25) is 5.91 Å². The summed E-state index contributed by atoms with van der Waals surface area (Å²) >= 11 is 0.